The van der Waals surface area contributed by atoms with E-state index < -0.39 is 0 Å². The van der Waals surface area contributed by atoms with Crippen LogP contribution in [0.4, 0.5) is 0 Å². The summed E-state index contributed by atoms with van der Waals surface area (Å²) in [6, 6.07) is 9.22. The number of nitrogens with one attached hydrogen (secondary N) is 1. The maximum absolute atomic E-state index is 12.0. The van der Waals surface area contributed by atoms with E-state index in [1.807, 2.05) is 24.3 Å². The molecule has 3 rings (SSSR count). The molecule has 0 aliphatic carbocycles. The highest BCUT2D eigenvalue weighted by molar-refractivity contribution is 9.10. The van der Waals surface area contributed by atoms with E-state index in [2.05, 4.69) is 26.0 Å². The average molecular weight is 320 g/mol. The van der Waals surface area contributed by atoms with Crippen LogP contribution in [0.15, 0.2) is 45.8 Å². The number of aromatic nitrogens is 3. The van der Waals surface area contributed by atoms with Gasteiger partial charge in [-0.3, -0.25) is 4.79 Å². The van der Waals surface area contributed by atoms with Gasteiger partial charge in [-0.1, -0.05) is 28.1 Å². The predicted octanol–water partition coefficient (Wildman–Crippen LogP) is 2.08. The molecule has 6 heteroatoms. The molecule has 96 valence electrons. The van der Waals surface area contributed by atoms with Crippen molar-refractivity contribution in [2.45, 2.75) is 6.42 Å². The molecule has 0 bridgehead atoms. The lowest BCUT2D eigenvalue weighted by Crippen LogP contribution is -2.16. The normalized spacial score (nSPS) is 11.0. The van der Waals surface area contributed by atoms with Crippen molar-refractivity contribution in [2.24, 2.45) is 0 Å². The number of fused-ring (bicyclic) bond motifs is 1. The smallest absolute Gasteiger partial charge is 0.258 e. The summed E-state index contributed by atoms with van der Waals surface area (Å²) in [6.07, 6.45) is 1.87. The van der Waals surface area contributed by atoms with Crippen molar-refractivity contribution in [3.05, 3.63) is 62.5 Å². The lowest BCUT2D eigenvalue weighted by Gasteiger charge is -2.05. The van der Waals surface area contributed by atoms with Crippen molar-refractivity contribution in [1.29, 1.82) is 0 Å². The number of rotatable bonds is 2. The molecule has 0 amide bonds. The second-order valence-corrected chi connectivity index (χ2v) is 5.10. The third kappa shape index (κ3) is 2.15. The summed E-state index contributed by atoms with van der Waals surface area (Å²) in [7, 11) is 0. The molecule has 19 heavy (non-hydrogen) atoms. The minimum atomic E-state index is -0.298. The van der Waals surface area contributed by atoms with Gasteiger partial charge in [-0.15, -0.1) is 0 Å². The molecule has 0 aliphatic rings. The Morgan fingerprint density at radius 2 is 2.00 bits per heavy atom. The van der Waals surface area contributed by atoms with Gasteiger partial charge in [0.25, 0.3) is 5.56 Å². The fraction of sp³-hybridized carbons (Fsp3) is 0.0769. The molecule has 0 saturated heterocycles. The highest BCUT2D eigenvalue weighted by atomic mass is 79.9. The molecule has 2 heterocycles. The largest absolute Gasteiger partial charge is 0.493 e. The summed E-state index contributed by atoms with van der Waals surface area (Å²) < 4.78 is 2.28. The Kier molecular flexibility index (Phi) is 2.87. The molecule has 3 aromatic rings. The van der Waals surface area contributed by atoms with Crippen LogP contribution < -0.4 is 5.56 Å². The number of halogens is 1. The van der Waals surface area contributed by atoms with Crippen molar-refractivity contribution in [1.82, 2.24) is 14.6 Å². The molecule has 5 nitrogen and oxygen atoms in total. The number of hydrogen-bond donors (Lipinski definition) is 2. The fourth-order valence-corrected chi connectivity index (χ4v) is 2.22. The Bertz CT molecular complexity index is 790. The minimum absolute atomic E-state index is 0.119. The van der Waals surface area contributed by atoms with Crippen LogP contribution in [-0.4, -0.2) is 19.7 Å². The first kappa shape index (κ1) is 12.0. The fourth-order valence-electron chi connectivity index (χ4n) is 1.95. The van der Waals surface area contributed by atoms with E-state index in [4.69, 9.17) is 0 Å². The van der Waals surface area contributed by atoms with E-state index in [1.165, 1.54) is 10.7 Å². The first-order valence-corrected chi connectivity index (χ1v) is 6.47. The van der Waals surface area contributed by atoms with E-state index >= 15 is 0 Å². The number of nitrogens with zero attached hydrogens (tertiary/aromatic N) is 2. The molecular weight excluding hydrogens is 310 g/mol. The number of aromatic amines is 1. The Balaban J connectivity index is 2.09. The number of aromatic hydroxyl groups is 1. The van der Waals surface area contributed by atoms with Gasteiger partial charge in [-0.2, -0.15) is 9.61 Å². The van der Waals surface area contributed by atoms with Crippen LogP contribution >= 0.6 is 15.9 Å². The van der Waals surface area contributed by atoms with Crippen LogP contribution in [0, 0.1) is 0 Å². The molecule has 0 saturated carbocycles. The first-order chi connectivity index (χ1) is 9.15. The van der Waals surface area contributed by atoms with Gasteiger partial charge in [0, 0.05) is 17.0 Å². The van der Waals surface area contributed by atoms with E-state index in [0.29, 0.717) is 17.6 Å². The van der Waals surface area contributed by atoms with Gasteiger partial charge in [0.1, 0.15) is 5.65 Å². The quantitative estimate of drug-likeness (QED) is 0.759. The van der Waals surface area contributed by atoms with Gasteiger partial charge in [0.2, 0.25) is 5.88 Å². The van der Waals surface area contributed by atoms with Crippen LogP contribution in [0.25, 0.3) is 5.65 Å². The molecule has 2 aromatic heterocycles. The van der Waals surface area contributed by atoms with Crippen LogP contribution in [-0.2, 0) is 6.42 Å². The molecule has 1 aromatic carbocycles. The van der Waals surface area contributed by atoms with Gasteiger partial charge in [-0.05, 0) is 17.7 Å². The van der Waals surface area contributed by atoms with E-state index in [-0.39, 0.29) is 11.4 Å². The summed E-state index contributed by atoms with van der Waals surface area (Å²) >= 11 is 3.36. The first-order valence-electron chi connectivity index (χ1n) is 5.67. The van der Waals surface area contributed by atoms with Crippen LogP contribution in [0.2, 0.25) is 0 Å². The Morgan fingerprint density at radius 3 is 2.74 bits per heavy atom. The van der Waals surface area contributed by atoms with Gasteiger partial charge in [0.05, 0.1) is 11.8 Å². The zero-order valence-electron chi connectivity index (χ0n) is 9.80. The van der Waals surface area contributed by atoms with Gasteiger partial charge >= 0.3 is 0 Å². The Morgan fingerprint density at radius 1 is 1.26 bits per heavy atom. The second-order valence-electron chi connectivity index (χ2n) is 4.19. The average Bonchev–Trinajstić information content (AvgIpc) is 2.85. The van der Waals surface area contributed by atoms with E-state index in [1.54, 1.807) is 6.07 Å². The van der Waals surface area contributed by atoms with Gasteiger partial charge in [0.15, 0.2) is 0 Å². The molecule has 0 aliphatic heterocycles. The summed E-state index contributed by atoms with van der Waals surface area (Å²) in [4.78, 5) is 14.6. The monoisotopic (exact) mass is 319 g/mol. The van der Waals surface area contributed by atoms with Crippen molar-refractivity contribution in [3.8, 4) is 5.88 Å². The second kappa shape index (κ2) is 4.55. The molecule has 0 unspecified atom stereocenters. The summed E-state index contributed by atoms with van der Waals surface area (Å²) in [6.45, 7) is 0. The predicted molar refractivity (Wildman–Crippen MR) is 74.4 cm³/mol. The molecular formula is C13H10BrN3O2. The number of hydrogen-bond acceptors (Lipinski definition) is 3. The lowest BCUT2D eigenvalue weighted by atomic mass is 10.1. The zero-order chi connectivity index (χ0) is 13.4. The third-order valence-electron chi connectivity index (χ3n) is 2.92. The molecule has 2 N–H and O–H groups in total. The van der Waals surface area contributed by atoms with Crippen molar-refractivity contribution in [3.63, 3.8) is 0 Å². The van der Waals surface area contributed by atoms with Crippen LogP contribution in [0.1, 0.15) is 11.1 Å². The maximum atomic E-state index is 12.0. The van der Waals surface area contributed by atoms with Crippen molar-refractivity contribution >= 4 is 21.6 Å². The standard InChI is InChI=1S/C13H10BrN3O2/c14-9-3-1-8(2-4-9)7-10-12(18)16-11-5-6-15-17(11)13(10)19/h1-6,19H,7H2,(H,16,18). The lowest BCUT2D eigenvalue weighted by molar-refractivity contribution is 0.428. The van der Waals surface area contributed by atoms with Crippen molar-refractivity contribution < 1.29 is 5.11 Å². The third-order valence-corrected chi connectivity index (χ3v) is 3.45. The van der Waals surface area contributed by atoms with E-state index in [0.717, 1.165) is 10.0 Å². The summed E-state index contributed by atoms with van der Waals surface area (Å²) in [5, 5.41) is 14.1. The SMILES string of the molecule is O=c1[nH]c2ccnn2c(O)c1Cc1ccc(Br)cc1. The molecule has 0 radical (unpaired) electrons. The molecule has 0 spiro atoms. The summed E-state index contributed by atoms with van der Waals surface area (Å²) in [5.41, 5.74) is 1.42. The zero-order valence-corrected chi connectivity index (χ0v) is 11.4. The van der Waals surface area contributed by atoms with Crippen LogP contribution in [0.3, 0.4) is 0 Å². The number of H-pyrrole nitrogens is 1. The maximum Gasteiger partial charge on any atom is 0.258 e. The minimum Gasteiger partial charge on any atom is -0.493 e. The highest BCUT2D eigenvalue weighted by Gasteiger charge is 2.12. The topological polar surface area (TPSA) is 70.4 Å². The van der Waals surface area contributed by atoms with E-state index in [9.17, 15) is 9.90 Å². The molecule has 0 atom stereocenters. The summed E-state index contributed by atoms with van der Waals surface area (Å²) in [5.74, 6) is -0.119. The Labute approximate surface area is 116 Å². The molecule has 0 fully saturated rings. The van der Waals surface area contributed by atoms with Crippen LogP contribution in [0.5, 0.6) is 5.88 Å². The highest BCUT2D eigenvalue weighted by Crippen LogP contribution is 2.18. The number of benzene rings is 1. The Hall–Kier alpha value is -2.08. The van der Waals surface area contributed by atoms with Gasteiger partial charge < -0.3 is 10.1 Å². The van der Waals surface area contributed by atoms with Gasteiger partial charge in [-0.25, -0.2) is 0 Å². The van der Waals surface area contributed by atoms with Crippen molar-refractivity contribution in [2.75, 3.05) is 0 Å².